The first-order valence-corrected chi connectivity index (χ1v) is 7.13. The summed E-state index contributed by atoms with van der Waals surface area (Å²) in [5, 5.41) is 0.899. The van der Waals surface area contributed by atoms with Gasteiger partial charge in [-0.05, 0) is 11.2 Å². The van der Waals surface area contributed by atoms with Crippen LogP contribution in [0.4, 0.5) is 0 Å². The van der Waals surface area contributed by atoms with Gasteiger partial charge in [-0.1, -0.05) is 76.6 Å². The van der Waals surface area contributed by atoms with Gasteiger partial charge in [-0.25, -0.2) is 0 Å². The molecule has 1 radical (unpaired) electrons. The summed E-state index contributed by atoms with van der Waals surface area (Å²) >= 11 is 0. The summed E-state index contributed by atoms with van der Waals surface area (Å²) < 4.78 is 0. The van der Waals surface area contributed by atoms with Gasteiger partial charge in [0.05, 0.1) is 0 Å². The quantitative estimate of drug-likeness (QED) is 0.451. The van der Waals surface area contributed by atoms with Gasteiger partial charge in [0.1, 0.15) is 7.28 Å². The van der Waals surface area contributed by atoms with E-state index in [9.17, 15) is 0 Å². The molecule has 2 rings (SSSR count). The van der Waals surface area contributed by atoms with E-state index in [0.717, 1.165) is 5.92 Å². The van der Waals surface area contributed by atoms with Crippen molar-refractivity contribution in [2.24, 2.45) is 5.92 Å². The third kappa shape index (κ3) is 2.10. The molecule has 2 unspecified atom stereocenters. The first kappa shape index (κ1) is 12.3. The van der Waals surface area contributed by atoms with E-state index in [-0.39, 0.29) is 0 Å². The van der Waals surface area contributed by atoms with Crippen LogP contribution in [0.25, 0.3) is 0 Å². The second kappa shape index (κ2) is 4.59. The molecule has 0 saturated carbocycles. The molecular formula is C15H26B. The Morgan fingerprint density at radius 2 is 1.62 bits per heavy atom. The lowest BCUT2D eigenvalue weighted by atomic mass is 9.29. The van der Waals surface area contributed by atoms with Crippen LogP contribution in [-0.4, -0.2) is 7.28 Å². The monoisotopic (exact) mass is 217 g/mol. The molecule has 2 saturated heterocycles. The molecule has 2 aliphatic rings. The molecule has 0 aliphatic carbocycles. The van der Waals surface area contributed by atoms with Crippen LogP contribution in [0.1, 0.15) is 65.2 Å². The Kier molecular flexibility index (Phi) is 3.52. The Bertz CT molecular complexity index is 258. The van der Waals surface area contributed by atoms with Crippen molar-refractivity contribution in [2.45, 2.75) is 75.8 Å². The molecule has 2 bridgehead atoms. The van der Waals surface area contributed by atoms with Gasteiger partial charge >= 0.3 is 0 Å². The van der Waals surface area contributed by atoms with Crippen molar-refractivity contribution in [3.05, 3.63) is 12.7 Å². The smallest absolute Gasteiger partial charge is 0.103 e. The van der Waals surface area contributed by atoms with Crippen LogP contribution in [0.15, 0.2) is 12.7 Å². The van der Waals surface area contributed by atoms with Gasteiger partial charge in [-0.2, -0.15) is 0 Å². The van der Waals surface area contributed by atoms with E-state index in [1.165, 1.54) is 51.4 Å². The second-order valence-corrected chi connectivity index (χ2v) is 6.38. The Hall–Kier alpha value is -0.195. The Morgan fingerprint density at radius 3 is 2.31 bits per heavy atom. The fourth-order valence-electron chi connectivity index (χ4n) is 3.95. The maximum atomic E-state index is 4.13. The summed E-state index contributed by atoms with van der Waals surface area (Å²) in [6.45, 7) is 8.96. The standard InChI is InChI=1S/C15H26B/c1-4-14-9-6-5-7-11-15(16-14,13(2)3)12-8-10-14/h4,13H,1,5-12H2,2-3H3. The third-order valence-corrected chi connectivity index (χ3v) is 5.20. The highest BCUT2D eigenvalue weighted by atomic mass is 14.4. The van der Waals surface area contributed by atoms with Crippen molar-refractivity contribution in [3.63, 3.8) is 0 Å². The van der Waals surface area contributed by atoms with Crippen molar-refractivity contribution in [1.82, 2.24) is 0 Å². The summed E-state index contributed by atoms with van der Waals surface area (Å²) in [6, 6.07) is 0. The molecule has 0 nitrogen and oxygen atoms in total. The molecular weight excluding hydrogens is 191 g/mol. The van der Waals surface area contributed by atoms with Crippen molar-refractivity contribution < 1.29 is 0 Å². The van der Waals surface area contributed by atoms with Gasteiger partial charge in [-0.3, -0.25) is 0 Å². The first-order valence-electron chi connectivity index (χ1n) is 7.13. The van der Waals surface area contributed by atoms with Crippen molar-refractivity contribution in [1.29, 1.82) is 0 Å². The first-order chi connectivity index (χ1) is 7.63. The molecule has 2 aliphatic heterocycles. The summed E-state index contributed by atoms with van der Waals surface area (Å²) in [4.78, 5) is 0. The van der Waals surface area contributed by atoms with Crippen molar-refractivity contribution >= 4 is 7.28 Å². The largest absolute Gasteiger partial charge is 0.131 e. The minimum atomic E-state index is 0.378. The topological polar surface area (TPSA) is 0 Å². The van der Waals surface area contributed by atoms with Crippen molar-refractivity contribution in [2.75, 3.05) is 0 Å². The third-order valence-electron chi connectivity index (χ3n) is 5.20. The number of hydrogen-bond acceptors (Lipinski definition) is 0. The Labute approximate surface area is 102 Å². The highest BCUT2D eigenvalue weighted by Crippen LogP contribution is 2.59. The number of fused-ring (bicyclic) bond motifs is 2. The highest BCUT2D eigenvalue weighted by Gasteiger charge is 2.45. The fraction of sp³-hybridized carbons (Fsp3) is 0.867. The van der Waals surface area contributed by atoms with E-state index >= 15 is 0 Å². The van der Waals surface area contributed by atoms with E-state index in [2.05, 4.69) is 33.8 Å². The molecule has 0 aromatic rings. The average Bonchev–Trinajstić information content (AvgIpc) is 2.27. The highest BCUT2D eigenvalue weighted by molar-refractivity contribution is 6.45. The number of rotatable bonds is 2. The zero-order valence-electron chi connectivity index (χ0n) is 11.1. The predicted molar refractivity (Wildman–Crippen MR) is 73.1 cm³/mol. The van der Waals surface area contributed by atoms with Crippen molar-refractivity contribution in [3.8, 4) is 0 Å². The van der Waals surface area contributed by atoms with Gasteiger partial charge in [0.25, 0.3) is 0 Å². The summed E-state index contributed by atoms with van der Waals surface area (Å²) in [7, 11) is 2.72. The van der Waals surface area contributed by atoms with Gasteiger partial charge < -0.3 is 0 Å². The maximum absolute atomic E-state index is 4.13. The number of allylic oxidation sites excluding steroid dienone is 1. The van der Waals surface area contributed by atoms with E-state index in [0.29, 0.717) is 10.6 Å². The lowest BCUT2D eigenvalue weighted by Gasteiger charge is -2.50. The predicted octanol–water partition coefficient (Wildman–Crippen LogP) is 5.00. The molecule has 16 heavy (non-hydrogen) atoms. The molecule has 0 aromatic carbocycles. The molecule has 0 aromatic heterocycles. The number of hydrogen-bond donors (Lipinski definition) is 0. The minimum absolute atomic E-state index is 0.378. The SMILES string of the molecule is C=CC12[B]C(C(C)C)(CCCCC1)CCC2. The zero-order chi connectivity index (χ0) is 11.6. The van der Waals surface area contributed by atoms with Crippen LogP contribution in [-0.2, 0) is 0 Å². The Balaban J connectivity index is 2.25. The van der Waals surface area contributed by atoms with Crippen LogP contribution in [0, 0.1) is 5.92 Å². The normalized spacial score (nSPS) is 39.7. The molecule has 2 fully saturated rings. The maximum Gasteiger partial charge on any atom is 0.131 e. The van der Waals surface area contributed by atoms with Crippen LogP contribution in [0.5, 0.6) is 0 Å². The molecule has 0 spiro atoms. The van der Waals surface area contributed by atoms with Gasteiger partial charge in [0.15, 0.2) is 0 Å². The molecule has 0 amide bonds. The van der Waals surface area contributed by atoms with E-state index in [4.69, 9.17) is 0 Å². The summed E-state index contributed by atoms with van der Waals surface area (Å²) in [5.41, 5.74) is 0. The summed E-state index contributed by atoms with van der Waals surface area (Å²) in [5.74, 6) is 0.797. The minimum Gasteiger partial charge on any atom is -0.103 e. The molecule has 89 valence electrons. The van der Waals surface area contributed by atoms with Crippen LogP contribution in [0.2, 0.25) is 10.6 Å². The Morgan fingerprint density at radius 1 is 1.00 bits per heavy atom. The fourth-order valence-corrected chi connectivity index (χ4v) is 3.95. The molecule has 2 atom stereocenters. The second-order valence-electron chi connectivity index (χ2n) is 6.38. The van der Waals surface area contributed by atoms with Crippen LogP contribution in [0.3, 0.4) is 0 Å². The van der Waals surface area contributed by atoms with E-state index in [1.54, 1.807) is 0 Å². The zero-order valence-corrected chi connectivity index (χ0v) is 11.1. The van der Waals surface area contributed by atoms with Gasteiger partial charge in [-0.15, -0.1) is 6.58 Å². The lowest BCUT2D eigenvalue weighted by Crippen LogP contribution is -2.39. The van der Waals surface area contributed by atoms with Gasteiger partial charge in [0, 0.05) is 0 Å². The molecule has 2 heterocycles. The lowest BCUT2D eigenvalue weighted by molar-refractivity contribution is 0.276. The van der Waals surface area contributed by atoms with Crippen LogP contribution < -0.4 is 0 Å². The summed E-state index contributed by atoms with van der Waals surface area (Å²) in [6.07, 6.45) is 13.5. The van der Waals surface area contributed by atoms with Crippen LogP contribution >= 0.6 is 0 Å². The van der Waals surface area contributed by atoms with E-state index < -0.39 is 0 Å². The molecule has 1 heteroatoms. The van der Waals surface area contributed by atoms with Gasteiger partial charge in [0.2, 0.25) is 0 Å². The average molecular weight is 217 g/mol. The van der Waals surface area contributed by atoms with E-state index in [1.807, 2.05) is 0 Å². The molecule has 0 N–H and O–H groups in total.